The predicted molar refractivity (Wildman–Crippen MR) is 136 cm³/mol. The molecule has 0 saturated carbocycles. The summed E-state index contributed by atoms with van der Waals surface area (Å²) < 4.78 is 13.8. The van der Waals surface area contributed by atoms with Crippen LogP contribution in [-0.4, -0.2) is 42.3 Å². The molecule has 1 atom stereocenters. The molecule has 0 aromatic heterocycles. The number of halogens is 2. The van der Waals surface area contributed by atoms with Gasteiger partial charge in [-0.3, -0.25) is 9.59 Å². The minimum absolute atomic E-state index is 0.00489. The van der Waals surface area contributed by atoms with Gasteiger partial charge in [-0.1, -0.05) is 35.9 Å². The molecule has 1 N–H and O–H groups in total. The number of Topliss-reactive ketones (excluding diaryl/α,β-unsaturated/α-hetero) is 1. The Bertz CT molecular complexity index is 1300. The van der Waals surface area contributed by atoms with Crippen LogP contribution in [0.2, 0.25) is 5.02 Å². The second-order valence-corrected chi connectivity index (χ2v) is 9.26. The number of likely N-dealkylation sites (tertiary alicyclic amines) is 1. The lowest BCUT2D eigenvalue weighted by Crippen LogP contribution is -2.31. The van der Waals surface area contributed by atoms with Gasteiger partial charge in [-0.2, -0.15) is 0 Å². The number of hydrogen-bond donors (Lipinski definition) is 1. The average molecular weight is 493 g/mol. The summed E-state index contributed by atoms with van der Waals surface area (Å²) in [5, 5.41) is 11.8. The summed E-state index contributed by atoms with van der Waals surface area (Å²) >= 11 is 5.98. The second kappa shape index (κ2) is 9.92. The molecule has 0 bridgehead atoms. The van der Waals surface area contributed by atoms with Crippen molar-refractivity contribution in [3.05, 3.63) is 105 Å². The van der Waals surface area contributed by atoms with E-state index in [0.717, 1.165) is 11.3 Å². The van der Waals surface area contributed by atoms with E-state index in [4.69, 9.17) is 11.6 Å². The van der Waals surface area contributed by atoms with E-state index in [9.17, 15) is 19.1 Å². The molecule has 0 spiro atoms. The van der Waals surface area contributed by atoms with E-state index in [0.29, 0.717) is 22.6 Å². The van der Waals surface area contributed by atoms with E-state index in [-0.39, 0.29) is 23.4 Å². The van der Waals surface area contributed by atoms with Gasteiger partial charge in [-0.25, -0.2) is 4.39 Å². The summed E-state index contributed by atoms with van der Waals surface area (Å²) in [7, 11) is 3.84. The first-order valence-electron chi connectivity index (χ1n) is 11.2. The Balaban J connectivity index is 1.78. The number of aliphatic hydroxyl groups excluding tert-OH is 1. The molecule has 1 fully saturated rings. The Hall–Kier alpha value is -3.64. The molecule has 1 saturated heterocycles. The first-order valence-corrected chi connectivity index (χ1v) is 11.6. The van der Waals surface area contributed by atoms with E-state index in [1.165, 1.54) is 23.1 Å². The maximum Gasteiger partial charge on any atom is 0.295 e. The summed E-state index contributed by atoms with van der Waals surface area (Å²) in [6, 6.07) is 18.2. The molecular weight excluding hydrogens is 467 g/mol. The Labute approximate surface area is 209 Å². The fraction of sp³-hybridized carbons (Fsp3) is 0.214. The van der Waals surface area contributed by atoms with Crippen LogP contribution < -0.4 is 4.90 Å². The minimum Gasteiger partial charge on any atom is -0.507 e. The van der Waals surface area contributed by atoms with Gasteiger partial charge in [0.2, 0.25) is 0 Å². The summed E-state index contributed by atoms with van der Waals surface area (Å²) in [5.74, 6) is -2.17. The third-order valence-corrected chi connectivity index (χ3v) is 6.50. The number of hydrogen-bond acceptors (Lipinski definition) is 4. The molecule has 4 rings (SSSR count). The van der Waals surface area contributed by atoms with Crippen molar-refractivity contribution in [3.8, 4) is 0 Å². The summed E-state index contributed by atoms with van der Waals surface area (Å²) in [4.78, 5) is 29.8. The average Bonchev–Trinajstić information content (AvgIpc) is 3.10. The highest BCUT2D eigenvalue weighted by atomic mass is 35.5. The predicted octanol–water partition coefficient (Wildman–Crippen LogP) is 5.52. The fourth-order valence-electron chi connectivity index (χ4n) is 4.26. The molecule has 7 heteroatoms. The van der Waals surface area contributed by atoms with E-state index >= 15 is 0 Å². The molecule has 0 radical (unpaired) electrons. The quantitative estimate of drug-likeness (QED) is 0.280. The first-order chi connectivity index (χ1) is 16.7. The van der Waals surface area contributed by atoms with E-state index in [1.54, 1.807) is 19.1 Å². The monoisotopic (exact) mass is 492 g/mol. The number of nitrogens with zero attached hydrogens (tertiary/aromatic N) is 2. The van der Waals surface area contributed by atoms with Crippen LogP contribution in [0, 0.1) is 12.7 Å². The molecular formula is C28H26ClFN2O3. The van der Waals surface area contributed by atoms with Crippen LogP contribution in [0.1, 0.15) is 28.3 Å². The van der Waals surface area contributed by atoms with Gasteiger partial charge in [0.15, 0.2) is 0 Å². The van der Waals surface area contributed by atoms with Crippen LogP contribution in [-0.2, 0) is 16.0 Å². The zero-order chi connectivity index (χ0) is 25.3. The summed E-state index contributed by atoms with van der Waals surface area (Å²) in [5.41, 5.74) is 3.24. The minimum atomic E-state index is -0.774. The third-order valence-electron chi connectivity index (χ3n) is 6.25. The van der Waals surface area contributed by atoms with Crippen LogP contribution in [0.15, 0.2) is 72.3 Å². The van der Waals surface area contributed by atoms with E-state index < -0.39 is 23.5 Å². The van der Waals surface area contributed by atoms with Crippen molar-refractivity contribution in [1.82, 2.24) is 4.90 Å². The lowest BCUT2D eigenvalue weighted by Gasteiger charge is -2.26. The Morgan fingerprint density at radius 1 is 1.03 bits per heavy atom. The van der Waals surface area contributed by atoms with Gasteiger partial charge in [0.05, 0.1) is 11.6 Å². The van der Waals surface area contributed by atoms with Crippen molar-refractivity contribution in [1.29, 1.82) is 0 Å². The number of aliphatic hydroxyl groups is 1. The molecule has 1 aliphatic rings. The lowest BCUT2D eigenvalue weighted by molar-refractivity contribution is -0.139. The van der Waals surface area contributed by atoms with E-state index in [2.05, 4.69) is 0 Å². The molecule has 3 aromatic carbocycles. The standard InChI is InChI=1S/C28H26ClFN2O3/c1-17-16-20(8-13-23(17)30)26(33)24-25(19-6-11-22(12-7-19)31(2)3)32(28(35)27(24)34)15-14-18-4-9-21(29)10-5-18/h4-13,16,25,33H,14-15H2,1-3H3/b26-24-. The largest absolute Gasteiger partial charge is 0.507 e. The number of amides is 1. The summed E-state index contributed by atoms with van der Waals surface area (Å²) in [6.07, 6.45) is 0.506. The van der Waals surface area contributed by atoms with Crippen molar-refractivity contribution >= 4 is 34.7 Å². The molecule has 5 nitrogen and oxygen atoms in total. The number of ketones is 1. The van der Waals surface area contributed by atoms with Crippen LogP contribution in [0.25, 0.3) is 5.76 Å². The fourth-order valence-corrected chi connectivity index (χ4v) is 4.39. The molecule has 3 aromatic rings. The molecule has 1 amide bonds. The summed E-state index contributed by atoms with van der Waals surface area (Å²) in [6.45, 7) is 1.85. The Morgan fingerprint density at radius 2 is 1.69 bits per heavy atom. The maximum atomic E-state index is 13.8. The molecule has 35 heavy (non-hydrogen) atoms. The number of carbonyl (C=O) groups excluding carboxylic acids is 2. The highest BCUT2D eigenvalue weighted by Crippen LogP contribution is 2.40. The topological polar surface area (TPSA) is 60.9 Å². The van der Waals surface area contributed by atoms with Gasteiger partial charge in [0.25, 0.3) is 11.7 Å². The van der Waals surface area contributed by atoms with Gasteiger partial charge in [-0.15, -0.1) is 0 Å². The molecule has 1 aliphatic heterocycles. The molecule has 1 unspecified atom stereocenters. The van der Waals surface area contributed by atoms with Gasteiger partial charge >= 0.3 is 0 Å². The maximum absolute atomic E-state index is 13.8. The van der Waals surface area contributed by atoms with Gasteiger partial charge in [0.1, 0.15) is 11.6 Å². The van der Waals surface area contributed by atoms with Crippen molar-refractivity contribution in [2.75, 3.05) is 25.5 Å². The smallest absolute Gasteiger partial charge is 0.295 e. The number of benzene rings is 3. The zero-order valence-corrected chi connectivity index (χ0v) is 20.5. The highest BCUT2D eigenvalue weighted by Gasteiger charge is 2.45. The zero-order valence-electron chi connectivity index (χ0n) is 19.8. The highest BCUT2D eigenvalue weighted by molar-refractivity contribution is 6.46. The van der Waals surface area contributed by atoms with Gasteiger partial charge < -0.3 is 14.9 Å². The Kier molecular flexibility index (Phi) is 6.94. The van der Waals surface area contributed by atoms with Crippen molar-refractivity contribution in [2.45, 2.75) is 19.4 Å². The lowest BCUT2D eigenvalue weighted by atomic mass is 9.94. The first kappa shape index (κ1) is 24.5. The van der Waals surface area contributed by atoms with Crippen LogP contribution in [0.4, 0.5) is 10.1 Å². The Morgan fingerprint density at radius 3 is 2.29 bits per heavy atom. The molecule has 180 valence electrons. The van der Waals surface area contributed by atoms with Crippen LogP contribution >= 0.6 is 11.6 Å². The number of aryl methyl sites for hydroxylation is 1. The normalized spacial score (nSPS) is 17.2. The molecule has 1 heterocycles. The number of anilines is 1. The van der Waals surface area contributed by atoms with Gasteiger partial charge in [0, 0.05) is 36.9 Å². The molecule has 0 aliphatic carbocycles. The van der Waals surface area contributed by atoms with Crippen LogP contribution in [0.5, 0.6) is 0 Å². The van der Waals surface area contributed by atoms with Crippen molar-refractivity contribution < 1.29 is 19.1 Å². The second-order valence-electron chi connectivity index (χ2n) is 8.82. The van der Waals surface area contributed by atoms with Crippen molar-refractivity contribution in [3.63, 3.8) is 0 Å². The number of rotatable bonds is 6. The van der Waals surface area contributed by atoms with Crippen LogP contribution in [0.3, 0.4) is 0 Å². The van der Waals surface area contributed by atoms with E-state index in [1.807, 2.05) is 55.4 Å². The van der Waals surface area contributed by atoms with Crippen molar-refractivity contribution in [2.24, 2.45) is 0 Å². The van der Waals surface area contributed by atoms with Gasteiger partial charge in [-0.05, 0) is 72.5 Å². The SMILES string of the molecule is Cc1cc(/C(O)=C2/C(=O)C(=O)N(CCc3ccc(Cl)cc3)C2c2ccc(N(C)C)cc2)ccc1F. The third kappa shape index (κ3) is 4.93. The number of carbonyl (C=O) groups is 2.